The van der Waals surface area contributed by atoms with Crippen molar-refractivity contribution in [2.24, 2.45) is 0 Å². The molecule has 4 aromatic rings. The molecular weight excluding hydrogens is 481 g/mol. The van der Waals surface area contributed by atoms with E-state index in [9.17, 15) is 0 Å². The van der Waals surface area contributed by atoms with Gasteiger partial charge in [0, 0.05) is 35.3 Å². The number of nitrogens with zero attached hydrogens (tertiary/aromatic N) is 2. The summed E-state index contributed by atoms with van der Waals surface area (Å²) in [6, 6.07) is 32.0. The summed E-state index contributed by atoms with van der Waals surface area (Å²) in [5.41, 5.74) is 1.04. The molecular formula is C22H18ClN2OPPd. The minimum atomic E-state index is -0.943. The van der Waals surface area contributed by atoms with E-state index in [1.165, 1.54) is 10.6 Å². The molecule has 0 fully saturated rings. The minimum Gasteiger partial charge on any atom is -0.490 e. The molecule has 144 valence electrons. The van der Waals surface area contributed by atoms with E-state index < -0.39 is 8.15 Å². The van der Waals surface area contributed by atoms with Gasteiger partial charge in [0.05, 0.1) is 0 Å². The Morgan fingerprint density at radius 2 is 1.50 bits per heavy atom. The molecule has 0 spiro atoms. The van der Waals surface area contributed by atoms with Gasteiger partial charge in [0.15, 0.2) is 0 Å². The number of halogens is 1. The maximum Gasteiger partial charge on any atom is 0.147 e. The first-order valence-corrected chi connectivity index (χ1v) is 11.8. The molecule has 3 nitrogen and oxygen atoms in total. The van der Waals surface area contributed by atoms with Crippen molar-refractivity contribution in [2.75, 3.05) is 0 Å². The van der Waals surface area contributed by atoms with Crippen molar-refractivity contribution in [2.45, 2.75) is 6.54 Å². The van der Waals surface area contributed by atoms with Gasteiger partial charge in [-0.2, -0.15) is 17.2 Å². The van der Waals surface area contributed by atoms with Crippen molar-refractivity contribution in [3.05, 3.63) is 109 Å². The van der Waals surface area contributed by atoms with Gasteiger partial charge in [0.2, 0.25) is 0 Å². The fourth-order valence-electron chi connectivity index (χ4n) is 2.69. The van der Waals surface area contributed by atoms with Gasteiger partial charge < -0.3 is 4.52 Å². The van der Waals surface area contributed by atoms with E-state index in [1.807, 2.05) is 47.3 Å². The predicted molar refractivity (Wildman–Crippen MR) is 112 cm³/mol. The number of aromatic nitrogens is 2. The van der Waals surface area contributed by atoms with Crippen molar-refractivity contribution < 1.29 is 22.7 Å². The molecule has 3 aromatic carbocycles. The maximum atomic E-state index is 6.43. The third-order valence-corrected chi connectivity index (χ3v) is 5.80. The Morgan fingerprint density at radius 1 is 0.857 bits per heavy atom. The summed E-state index contributed by atoms with van der Waals surface area (Å²) in [5.74, 6) is 0.758. The molecule has 0 radical (unpaired) electrons. The van der Waals surface area contributed by atoms with Gasteiger partial charge >= 0.3 is 27.7 Å². The molecule has 0 saturated heterocycles. The minimum absolute atomic E-state index is 0.679. The van der Waals surface area contributed by atoms with Crippen LogP contribution in [-0.2, 0) is 24.7 Å². The molecule has 0 bridgehead atoms. The Kier molecular flexibility index (Phi) is 8.27. The van der Waals surface area contributed by atoms with Crippen LogP contribution in [0.2, 0.25) is 0 Å². The molecule has 1 aromatic heterocycles. The van der Waals surface area contributed by atoms with Gasteiger partial charge in [-0.1, -0.05) is 60.7 Å². The standard InChI is InChI=1S/C22H18N2OP.ClH.Pd/c1-3-11-21(12-4-1)26(22-13-5-2-6-14-22)25-20-10-7-9-19(17-20)18-24-16-8-15-23-24;;/h1-16H,18H2;1H;/q-1;;+2/p-1. The monoisotopic (exact) mass is 498 g/mol. The summed E-state index contributed by atoms with van der Waals surface area (Å²) in [7, 11) is 3.55. The summed E-state index contributed by atoms with van der Waals surface area (Å²) >= 11 is 2.22. The first-order chi connectivity index (χ1) is 13.9. The summed E-state index contributed by atoms with van der Waals surface area (Å²) in [4.78, 5) is 0. The second-order valence-corrected chi connectivity index (χ2v) is 7.60. The van der Waals surface area contributed by atoms with Crippen LogP contribution in [0.1, 0.15) is 5.56 Å². The zero-order valence-electron chi connectivity index (χ0n) is 14.9. The van der Waals surface area contributed by atoms with Crippen molar-refractivity contribution >= 4 is 28.3 Å². The van der Waals surface area contributed by atoms with Crippen LogP contribution < -0.4 is 15.1 Å². The molecule has 0 aliphatic rings. The van der Waals surface area contributed by atoms with Crippen LogP contribution in [-0.4, -0.2) is 9.78 Å². The molecule has 0 unspecified atom stereocenters. The first kappa shape index (κ1) is 20.8. The van der Waals surface area contributed by atoms with E-state index in [1.54, 1.807) is 6.20 Å². The average Bonchev–Trinajstić information content (AvgIpc) is 3.28. The molecule has 0 N–H and O–H groups in total. The van der Waals surface area contributed by atoms with Crippen LogP contribution in [0.4, 0.5) is 0 Å². The topological polar surface area (TPSA) is 27.1 Å². The van der Waals surface area contributed by atoms with Crippen LogP contribution >= 0.6 is 17.7 Å². The van der Waals surface area contributed by atoms with E-state index in [0.717, 1.165) is 11.3 Å². The van der Waals surface area contributed by atoms with Gasteiger partial charge in [-0.05, 0) is 6.07 Å². The van der Waals surface area contributed by atoms with Crippen molar-refractivity contribution in [1.29, 1.82) is 0 Å². The molecule has 0 atom stereocenters. The van der Waals surface area contributed by atoms with E-state index >= 15 is 0 Å². The smallest absolute Gasteiger partial charge is 0.147 e. The SMILES string of the molecule is [Cl][Pd+].[c-]1c(Cn2cccn2)cccc1OP(c1ccccc1)c1ccccc1. The summed E-state index contributed by atoms with van der Waals surface area (Å²) < 4.78 is 8.31. The molecule has 0 aliphatic heterocycles. The Hall–Kier alpha value is -1.95. The molecule has 4 rings (SSSR count). The second kappa shape index (κ2) is 11.2. The fraction of sp³-hybridized carbons (Fsp3) is 0.0455. The third-order valence-electron chi connectivity index (χ3n) is 3.89. The van der Waals surface area contributed by atoms with Gasteiger partial charge in [-0.15, -0.1) is 17.7 Å². The Morgan fingerprint density at radius 3 is 2.07 bits per heavy atom. The number of hydrogen-bond donors (Lipinski definition) is 0. The number of benzene rings is 3. The Balaban J connectivity index is 0.00000109. The largest absolute Gasteiger partial charge is 0.490 e. The predicted octanol–water partition coefficient (Wildman–Crippen LogP) is 4.85. The van der Waals surface area contributed by atoms with Gasteiger partial charge in [0.25, 0.3) is 0 Å². The fourth-order valence-corrected chi connectivity index (χ4v) is 4.38. The van der Waals surface area contributed by atoms with Crippen molar-refractivity contribution in [1.82, 2.24) is 9.78 Å². The van der Waals surface area contributed by atoms with Gasteiger partial charge in [0.1, 0.15) is 8.15 Å². The molecule has 1 heterocycles. The third kappa shape index (κ3) is 5.77. The second-order valence-electron chi connectivity index (χ2n) is 5.80. The first-order valence-electron chi connectivity index (χ1n) is 8.57. The van der Waals surface area contributed by atoms with E-state index in [2.05, 4.69) is 87.4 Å². The van der Waals surface area contributed by atoms with Crippen LogP contribution in [0, 0.1) is 6.07 Å². The molecule has 0 saturated carbocycles. The van der Waals surface area contributed by atoms with Crippen molar-refractivity contribution in [3.8, 4) is 5.75 Å². The number of hydrogen-bond acceptors (Lipinski definition) is 2. The average molecular weight is 499 g/mol. The zero-order chi connectivity index (χ0) is 19.6. The van der Waals surface area contributed by atoms with Crippen LogP contribution in [0.15, 0.2) is 97.3 Å². The number of rotatable bonds is 6. The van der Waals surface area contributed by atoms with E-state index in [0.29, 0.717) is 6.54 Å². The molecule has 6 heteroatoms. The quantitative estimate of drug-likeness (QED) is 0.216. The zero-order valence-corrected chi connectivity index (χ0v) is 18.1. The normalized spacial score (nSPS) is 10.3. The summed E-state index contributed by atoms with van der Waals surface area (Å²) in [6.07, 6.45) is 3.73. The molecule has 28 heavy (non-hydrogen) atoms. The summed E-state index contributed by atoms with van der Waals surface area (Å²) in [5, 5.41) is 6.62. The van der Waals surface area contributed by atoms with Crippen LogP contribution in [0.5, 0.6) is 5.75 Å². The van der Waals surface area contributed by atoms with Gasteiger partial charge in [-0.25, -0.2) is 0 Å². The van der Waals surface area contributed by atoms with Crippen LogP contribution in [0.3, 0.4) is 0 Å². The summed E-state index contributed by atoms with van der Waals surface area (Å²) in [6.45, 7) is 0.679. The molecule has 0 amide bonds. The Labute approximate surface area is 181 Å². The molecule has 0 aliphatic carbocycles. The van der Waals surface area contributed by atoms with E-state index in [4.69, 9.17) is 4.52 Å². The van der Waals surface area contributed by atoms with Gasteiger partial charge in [-0.3, -0.25) is 4.68 Å². The van der Waals surface area contributed by atoms with E-state index in [-0.39, 0.29) is 0 Å². The Bertz CT molecular complexity index is 913. The maximum absolute atomic E-state index is 6.43. The van der Waals surface area contributed by atoms with Crippen molar-refractivity contribution in [3.63, 3.8) is 0 Å². The van der Waals surface area contributed by atoms with Crippen LogP contribution in [0.25, 0.3) is 0 Å².